The third-order valence-electron chi connectivity index (χ3n) is 5.62. The molecule has 2 aromatic carbocycles. The third-order valence-corrected chi connectivity index (χ3v) is 6.63. The summed E-state index contributed by atoms with van der Waals surface area (Å²) in [6.07, 6.45) is 2.40. The lowest BCUT2D eigenvalue weighted by molar-refractivity contribution is -0.458. The quantitative estimate of drug-likeness (QED) is 0.456. The Morgan fingerprint density at radius 3 is 2.82 bits per heavy atom. The Labute approximate surface area is 200 Å². The number of nitrogens with zero attached hydrogens (tertiary/aromatic N) is 4. The van der Waals surface area contributed by atoms with Gasteiger partial charge in [0.15, 0.2) is 11.8 Å². The minimum Gasteiger partial charge on any atom is -0.494 e. The summed E-state index contributed by atoms with van der Waals surface area (Å²) in [7, 11) is 0. The summed E-state index contributed by atoms with van der Waals surface area (Å²) in [5, 5.41) is 5.48. The second-order valence-corrected chi connectivity index (χ2v) is 8.83. The van der Waals surface area contributed by atoms with Crippen LogP contribution in [0.25, 0.3) is 11.4 Å². The number of carbonyl (C=O) groups excluding carboxylic acids is 2. The van der Waals surface area contributed by atoms with Crippen LogP contribution >= 0.6 is 11.8 Å². The number of aromatic nitrogens is 2. The molecule has 1 aromatic heterocycles. The fourth-order valence-corrected chi connectivity index (χ4v) is 4.93. The summed E-state index contributed by atoms with van der Waals surface area (Å²) >= 11 is 1.40. The molecular weight excluding hydrogens is 452 g/mol. The van der Waals surface area contributed by atoms with E-state index in [-0.39, 0.29) is 18.5 Å². The molecule has 0 spiro atoms. The lowest BCUT2D eigenvalue weighted by atomic mass is 10.1. The zero-order chi connectivity index (χ0) is 23.5. The highest BCUT2D eigenvalue weighted by Gasteiger charge is 2.49. The number of hydrogen-bond donors (Lipinski definition) is 0. The monoisotopic (exact) mass is 475 g/mol. The Hall–Kier alpha value is -3.72. The molecule has 2 aliphatic heterocycles. The van der Waals surface area contributed by atoms with Crippen molar-refractivity contribution < 1.29 is 23.4 Å². The van der Waals surface area contributed by atoms with E-state index in [4.69, 9.17) is 9.26 Å². The molecule has 0 radical (unpaired) electrons. The highest BCUT2D eigenvalue weighted by atomic mass is 32.2. The first-order valence-electron chi connectivity index (χ1n) is 11.1. The zero-order valence-electron chi connectivity index (χ0n) is 18.6. The number of amides is 3. The molecule has 9 heteroatoms. The van der Waals surface area contributed by atoms with Crippen molar-refractivity contribution >= 4 is 29.4 Å². The molecular formula is C25H23N4O4S+. The molecule has 0 aliphatic carbocycles. The van der Waals surface area contributed by atoms with Gasteiger partial charge in [0, 0.05) is 12.0 Å². The topological polar surface area (TPSA) is 88.5 Å². The number of allylic oxidation sites excluding steroid dienone is 1. The van der Waals surface area contributed by atoms with Crippen molar-refractivity contribution in [1.29, 1.82) is 0 Å². The molecule has 172 valence electrons. The molecule has 1 atom stereocenters. The first-order valence-corrected chi connectivity index (χ1v) is 12.0. The maximum Gasteiger partial charge on any atom is 0.501 e. The van der Waals surface area contributed by atoms with E-state index in [9.17, 15) is 9.59 Å². The van der Waals surface area contributed by atoms with Crippen LogP contribution in [0.2, 0.25) is 0 Å². The number of thioether (sulfide) groups is 1. The van der Waals surface area contributed by atoms with E-state index < -0.39 is 5.25 Å². The summed E-state index contributed by atoms with van der Waals surface area (Å²) in [5.74, 6) is 1.23. The standard InChI is InChI=1S/C25H23N4O4S/c1-2-32-19-10-6-9-18(15-19)23-26-21(33-27-23)16-29-20-12-14-34-22(20)24(30)28(25(29)31)13-11-17-7-4-3-5-8-17/h3-10,12,14-15,22H,2,11,13,16H2,1H3/q+1. The van der Waals surface area contributed by atoms with Crippen molar-refractivity contribution in [2.75, 3.05) is 13.2 Å². The summed E-state index contributed by atoms with van der Waals surface area (Å²) in [5.41, 5.74) is 2.47. The average Bonchev–Trinajstić information content (AvgIpc) is 3.53. The van der Waals surface area contributed by atoms with E-state index in [1.165, 1.54) is 16.7 Å². The number of benzene rings is 2. The molecule has 0 fully saturated rings. The molecule has 3 heterocycles. The Balaban J connectivity index is 1.37. The minimum absolute atomic E-state index is 0.0861. The van der Waals surface area contributed by atoms with Gasteiger partial charge in [-0.3, -0.25) is 0 Å². The SMILES string of the molecule is CCOc1cccc(-c2noc(C[N+]3=C4C=CSC4C(=O)N(CCc4ccccc4)C3=O)n2)c1. The number of fused-ring (bicyclic) bond motifs is 1. The van der Waals surface area contributed by atoms with Crippen molar-refractivity contribution in [2.45, 2.75) is 25.1 Å². The highest BCUT2D eigenvalue weighted by molar-refractivity contribution is 8.04. The van der Waals surface area contributed by atoms with Crippen LogP contribution in [0.3, 0.4) is 0 Å². The summed E-state index contributed by atoms with van der Waals surface area (Å²) in [6, 6.07) is 16.9. The molecule has 2 aliphatic rings. The van der Waals surface area contributed by atoms with Crippen LogP contribution in [0.5, 0.6) is 5.75 Å². The number of ether oxygens (including phenoxy) is 1. The lowest BCUT2D eigenvalue weighted by Crippen LogP contribution is -2.55. The van der Waals surface area contributed by atoms with Gasteiger partial charge in [-0.1, -0.05) is 47.6 Å². The summed E-state index contributed by atoms with van der Waals surface area (Å²) in [6.45, 7) is 2.87. The van der Waals surface area contributed by atoms with Crippen LogP contribution in [0.15, 0.2) is 70.6 Å². The van der Waals surface area contributed by atoms with Crippen LogP contribution in [0.4, 0.5) is 4.79 Å². The van der Waals surface area contributed by atoms with E-state index in [0.29, 0.717) is 37.0 Å². The molecule has 3 amide bonds. The van der Waals surface area contributed by atoms with E-state index in [1.54, 1.807) is 4.58 Å². The van der Waals surface area contributed by atoms with Gasteiger partial charge in [0.05, 0.1) is 6.61 Å². The highest BCUT2D eigenvalue weighted by Crippen LogP contribution is 2.29. The van der Waals surface area contributed by atoms with Gasteiger partial charge in [0.2, 0.25) is 5.82 Å². The molecule has 0 saturated carbocycles. The van der Waals surface area contributed by atoms with Crippen LogP contribution in [0, 0.1) is 0 Å². The van der Waals surface area contributed by atoms with Crippen molar-refractivity contribution in [3.05, 3.63) is 77.5 Å². The molecule has 8 nitrogen and oxygen atoms in total. The van der Waals surface area contributed by atoms with E-state index in [1.807, 2.05) is 73.0 Å². The number of hydrogen-bond acceptors (Lipinski definition) is 7. The first kappa shape index (κ1) is 22.1. The molecule has 0 bridgehead atoms. The van der Waals surface area contributed by atoms with Crippen molar-refractivity contribution in [2.24, 2.45) is 0 Å². The Morgan fingerprint density at radius 1 is 1.15 bits per heavy atom. The largest absolute Gasteiger partial charge is 0.501 e. The van der Waals surface area contributed by atoms with Crippen LogP contribution < -0.4 is 4.74 Å². The van der Waals surface area contributed by atoms with Crippen LogP contribution in [-0.2, 0) is 17.8 Å². The minimum atomic E-state index is -0.446. The molecule has 0 N–H and O–H groups in total. The number of urea groups is 1. The van der Waals surface area contributed by atoms with E-state index >= 15 is 0 Å². The number of rotatable bonds is 8. The van der Waals surface area contributed by atoms with Gasteiger partial charge < -0.3 is 9.26 Å². The van der Waals surface area contributed by atoms with Gasteiger partial charge in [0.25, 0.3) is 5.89 Å². The van der Waals surface area contributed by atoms with Crippen molar-refractivity contribution in [1.82, 2.24) is 15.0 Å². The average molecular weight is 476 g/mol. The Morgan fingerprint density at radius 2 is 2.00 bits per heavy atom. The fraction of sp³-hybridized carbons (Fsp3) is 0.240. The fourth-order valence-electron chi connectivity index (χ4n) is 3.97. The predicted molar refractivity (Wildman–Crippen MR) is 128 cm³/mol. The van der Waals surface area contributed by atoms with Gasteiger partial charge in [-0.25, -0.2) is 4.79 Å². The van der Waals surface area contributed by atoms with Gasteiger partial charge in [-0.05, 0) is 36.1 Å². The molecule has 5 rings (SSSR count). The molecule has 34 heavy (non-hydrogen) atoms. The summed E-state index contributed by atoms with van der Waals surface area (Å²) < 4.78 is 12.6. The smallest absolute Gasteiger partial charge is 0.494 e. The Kier molecular flexibility index (Phi) is 6.27. The molecule has 0 saturated heterocycles. The zero-order valence-corrected chi connectivity index (χ0v) is 19.4. The van der Waals surface area contributed by atoms with E-state index in [0.717, 1.165) is 16.9 Å². The number of imide groups is 1. The first-order chi connectivity index (χ1) is 16.6. The summed E-state index contributed by atoms with van der Waals surface area (Å²) in [4.78, 5) is 32.2. The Bertz CT molecular complexity index is 1280. The molecule has 3 aromatic rings. The second kappa shape index (κ2) is 9.64. The maximum atomic E-state index is 13.4. The second-order valence-electron chi connectivity index (χ2n) is 7.81. The van der Waals surface area contributed by atoms with Crippen LogP contribution in [-0.4, -0.2) is 55.7 Å². The van der Waals surface area contributed by atoms with Crippen LogP contribution in [0.1, 0.15) is 18.4 Å². The van der Waals surface area contributed by atoms with Gasteiger partial charge in [-0.15, -0.1) is 11.8 Å². The van der Waals surface area contributed by atoms with E-state index in [2.05, 4.69) is 10.1 Å². The molecule has 1 unspecified atom stereocenters. The van der Waals surface area contributed by atoms with Gasteiger partial charge >= 0.3 is 11.9 Å². The number of carbonyl (C=O) groups is 2. The normalized spacial score (nSPS) is 17.4. The predicted octanol–water partition coefficient (Wildman–Crippen LogP) is 3.92. The third kappa shape index (κ3) is 4.38. The van der Waals surface area contributed by atoms with Crippen molar-refractivity contribution in [3.63, 3.8) is 0 Å². The lowest BCUT2D eigenvalue weighted by Gasteiger charge is -2.23. The van der Waals surface area contributed by atoms with Gasteiger partial charge in [-0.2, -0.15) is 19.3 Å². The van der Waals surface area contributed by atoms with Crippen molar-refractivity contribution in [3.8, 4) is 17.1 Å². The maximum absolute atomic E-state index is 13.4. The van der Waals surface area contributed by atoms with Gasteiger partial charge in [0.1, 0.15) is 18.0 Å².